The molecule has 4 rings (SSSR count). The predicted molar refractivity (Wildman–Crippen MR) is 85.7 cm³/mol. The molecule has 2 aromatic rings. The van der Waals surface area contributed by atoms with Crippen molar-refractivity contribution >= 4 is 17.3 Å². The molecule has 108 valence electrons. The van der Waals surface area contributed by atoms with Crippen molar-refractivity contribution in [3.05, 3.63) is 64.7 Å². The highest BCUT2D eigenvalue weighted by Gasteiger charge is 2.39. The fourth-order valence-electron chi connectivity index (χ4n) is 3.62. The van der Waals surface area contributed by atoms with E-state index in [1.807, 2.05) is 12.1 Å². The van der Waals surface area contributed by atoms with Crippen molar-refractivity contribution in [2.75, 3.05) is 11.9 Å². The van der Waals surface area contributed by atoms with Crippen molar-refractivity contribution < 1.29 is 4.74 Å². The Morgan fingerprint density at radius 1 is 1.05 bits per heavy atom. The van der Waals surface area contributed by atoms with Gasteiger partial charge in [-0.05, 0) is 36.6 Å². The van der Waals surface area contributed by atoms with Gasteiger partial charge in [0.15, 0.2) is 0 Å². The molecule has 2 nitrogen and oxygen atoms in total. The molecule has 1 saturated heterocycles. The number of hydrogen-bond donors (Lipinski definition) is 1. The zero-order valence-corrected chi connectivity index (χ0v) is 12.5. The second kappa shape index (κ2) is 5.36. The third-order valence-corrected chi connectivity index (χ3v) is 4.86. The first kappa shape index (κ1) is 13.2. The number of ether oxygens (including phenoxy) is 1. The molecule has 21 heavy (non-hydrogen) atoms. The number of anilines is 1. The summed E-state index contributed by atoms with van der Waals surface area (Å²) in [5, 5.41) is 4.49. The van der Waals surface area contributed by atoms with Crippen LogP contribution in [0.4, 0.5) is 5.69 Å². The molecular weight excluding hydrogens is 282 g/mol. The van der Waals surface area contributed by atoms with Crippen LogP contribution >= 0.6 is 11.6 Å². The summed E-state index contributed by atoms with van der Waals surface area (Å²) >= 11 is 6.02. The van der Waals surface area contributed by atoms with E-state index >= 15 is 0 Å². The van der Waals surface area contributed by atoms with Gasteiger partial charge in [0.25, 0.3) is 0 Å². The third-order valence-electron chi connectivity index (χ3n) is 4.60. The number of rotatable bonds is 1. The molecule has 0 saturated carbocycles. The smallest absolute Gasteiger partial charge is 0.0895 e. The van der Waals surface area contributed by atoms with Crippen LogP contribution in [0, 0.1) is 5.92 Å². The van der Waals surface area contributed by atoms with Gasteiger partial charge in [-0.2, -0.15) is 0 Å². The summed E-state index contributed by atoms with van der Waals surface area (Å²) in [5.41, 5.74) is 3.78. The van der Waals surface area contributed by atoms with Crippen LogP contribution in [-0.4, -0.2) is 6.61 Å². The van der Waals surface area contributed by atoms with E-state index in [1.54, 1.807) is 0 Å². The SMILES string of the molecule is Clc1ccc([C@@H]2Nc3ccccc3[C@@H]3OCCC[C@@H]23)cc1. The van der Waals surface area contributed by atoms with Crippen LogP contribution in [0.1, 0.15) is 36.1 Å². The second-order valence-electron chi connectivity index (χ2n) is 5.86. The Morgan fingerprint density at radius 2 is 1.86 bits per heavy atom. The van der Waals surface area contributed by atoms with E-state index in [4.69, 9.17) is 16.3 Å². The number of nitrogens with one attached hydrogen (secondary N) is 1. The molecule has 2 aliphatic rings. The number of fused-ring (bicyclic) bond motifs is 3. The van der Waals surface area contributed by atoms with Crippen LogP contribution in [0.15, 0.2) is 48.5 Å². The quantitative estimate of drug-likeness (QED) is 0.802. The lowest BCUT2D eigenvalue weighted by atomic mass is 9.77. The van der Waals surface area contributed by atoms with Crippen molar-refractivity contribution in [1.29, 1.82) is 0 Å². The maximum atomic E-state index is 6.12. The largest absolute Gasteiger partial charge is 0.378 e. The van der Waals surface area contributed by atoms with Crippen LogP contribution in [0.25, 0.3) is 0 Å². The van der Waals surface area contributed by atoms with Crippen LogP contribution in [0.5, 0.6) is 0 Å². The van der Waals surface area contributed by atoms with Crippen molar-refractivity contribution in [2.24, 2.45) is 5.92 Å². The maximum Gasteiger partial charge on any atom is 0.0895 e. The van der Waals surface area contributed by atoms with Gasteiger partial charge < -0.3 is 10.1 Å². The molecule has 0 unspecified atom stereocenters. The summed E-state index contributed by atoms with van der Waals surface area (Å²) in [6.07, 6.45) is 2.53. The second-order valence-corrected chi connectivity index (χ2v) is 6.29. The van der Waals surface area contributed by atoms with Gasteiger partial charge >= 0.3 is 0 Å². The molecule has 0 amide bonds. The third kappa shape index (κ3) is 2.33. The van der Waals surface area contributed by atoms with E-state index in [0.29, 0.717) is 12.0 Å². The lowest BCUT2D eigenvalue weighted by molar-refractivity contribution is -0.0381. The first-order chi connectivity index (χ1) is 10.3. The fourth-order valence-corrected chi connectivity index (χ4v) is 3.74. The van der Waals surface area contributed by atoms with Gasteiger partial charge in [-0.15, -0.1) is 0 Å². The molecule has 2 aromatic carbocycles. The zero-order chi connectivity index (χ0) is 14.2. The standard InChI is InChI=1S/C18H18ClNO/c19-13-9-7-12(8-10-13)17-15-5-3-11-21-18(15)14-4-1-2-6-16(14)20-17/h1-2,4,6-10,15,17-18,20H,3,5,11H2/t15-,17-,18-/m0/s1. The Bertz CT molecular complexity index is 640. The average Bonchev–Trinajstić information content (AvgIpc) is 2.55. The lowest BCUT2D eigenvalue weighted by Gasteiger charge is -2.43. The Balaban J connectivity index is 1.76. The van der Waals surface area contributed by atoms with E-state index in [-0.39, 0.29) is 6.10 Å². The Kier molecular flexibility index (Phi) is 3.36. The van der Waals surface area contributed by atoms with Crippen molar-refractivity contribution in [3.8, 4) is 0 Å². The maximum absolute atomic E-state index is 6.12. The topological polar surface area (TPSA) is 21.3 Å². The summed E-state index contributed by atoms with van der Waals surface area (Å²) in [5.74, 6) is 0.481. The van der Waals surface area contributed by atoms with Gasteiger partial charge in [0, 0.05) is 28.8 Å². The molecule has 0 bridgehead atoms. The molecule has 2 aliphatic heterocycles. The zero-order valence-electron chi connectivity index (χ0n) is 11.8. The molecule has 0 spiro atoms. The highest BCUT2D eigenvalue weighted by atomic mass is 35.5. The first-order valence-corrected chi connectivity index (χ1v) is 7.93. The predicted octanol–water partition coefficient (Wildman–Crippen LogP) is 4.97. The van der Waals surface area contributed by atoms with E-state index in [0.717, 1.165) is 18.1 Å². The monoisotopic (exact) mass is 299 g/mol. The van der Waals surface area contributed by atoms with E-state index in [1.165, 1.54) is 23.2 Å². The van der Waals surface area contributed by atoms with Gasteiger partial charge in [0.1, 0.15) is 0 Å². The normalized spacial score (nSPS) is 27.4. The molecule has 0 radical (unpaired) electrons. The minimum Gasteiger partial charge on any atom is -0.378 e. The summed E-state index contributed by atoms with van der Waals surface area (Å²) in [4.78, 5) is 0. The molecular formula is C18H18ClNO. The number of hydrogen-bond acceptors (Lipinski definition) is 2. The van der Waals surface area contributed by atoms with Crippen LogP contribution in [-0.2, 0) is 4.74 Å². The minimum absolute atomic E-state index is 0.205. The van der Waals surface area contributed by atoms with E-state index in [2.05, 4.69) is 41.7 Å². The molecule has 1 N–H and O–H groups in total. The molecule has 3 heteroatoms. The fraction of sp³-hybridized carbons (Fsp3) is 0.333. The van der Waals surface area contributed by atoms with Gasteiger partial charge in [-0.1, -0.05) is 41.9 Å². The average molecular weight is 300 g/mol. The Labute approximate surface area is 130 Å². The molecule has 2 heterocycles. The van der Waals surface area contributed by atoms with E-state index in [9.17, 15) is 0 Å². The molecule has 1 fully saturated rings. The highest BCUT2D eigenvalue weighted by molar-refractivity contribution is 6.30. The van der Waals surface area contributed by atoms with Crippen LogP contribution < -0.4 is 5.32 Å². The molecule has 3 atom stereocenters. The summed E-state index contributed by atoms with van der Waals surface area (Å²) < 4.78 is 6.12. The first-order valence-electron chi connectivity index (χ1n) is 7.55. The minimum atomic E-state index is 0.205. The summed E-state index contributed by atoms with van der Waals surface area (Å²) in [7, 11) is 0. The van der Waals surface area contributed by atoms with Crippen LogP contribution in [0.3, 0.4) is 0 Å². The molecule has 0 aliphatic carbocycles. The molecule has 0 aromatic heterocycles. The van der Waals surface area contributed by atoms with Gasteiger partial charge in [0.2, 0.25) is 0 Å². The number of para-hydroxylation sites is 1. The van der Waals surface area contributed by atoms with Crippen LogP contribution in [0.2, 0.25) is 5.02 Å². The summed E-state index contributed by atoms with van der Waals surface area (Å²) in [6.45, 7) is 0.864. The van der Waals surface area contributed by atoms with Crippen molar-refractivity contribution in [2.45, 2.75) is 25.0 Å². The number of halogens is 1. The van der Waals surface area contributed by atoms with E-state index < -0.39 is 0 Å². The van der Waals surface area contributed by atoms with Gasteiger partial charge in [-0.3, -0.25) is 0 Å². The Morgan fingerprint density at radius 3 is 2.71 bits per heavy atom. The summed E-state index contributed by atoms with van der Waals surface area (Å²) in [6, 6.07) is 17.0. The van der Waals surface area contributed by atoms with Gasteiger partial charge in [0.05, 0.1) is 12.1 Å². The number of benzene rings is 2. The van der Waals surface area contributed by atoms with Crippen molar-refractivity contribution in [3.63, 3.8) is 0 Å². The lowest BCUT2D eigenvalue weighted by Crippen LogP contribution is -2.35. The highest BCUT2D eigenvalue weighted by Crippen LogP contribution is 2.48. The van der Waals surface area contributed by atoms with Gasteiger partial charge in [-0.25, -0.2) is 0 Å². The van der Waals surface area contributed by atoms with Crippen molar-refractivity contribution in [1.82, 2.24) is 0 Å². The Hall–Kier alpha value is -1.51.